The summed E-state index contributed by atoms with van der Waals surface area (Å²) in [6, 6.07) is 3.78. The number of methoxy groups -OCH3 is 3. The van der Waals surface area contributed by atoms with E-state index in [0.29, 0.717) is 23.8 Å². The molecule has 0 aromatic heterocycles. The second kappa shape index (κ2) is 11.2. The van der Waals surface area contributed by atoms with Crippen LogP contribution in [0.15, 0.2) is 17.1 Å². The minimum absolute atomic E-state index is 0. The first kappa shape index (κ1) is 20.6. The summed E-state index contributed by atoms with van der Waals surface area (Å²) < 4.78 is 16.1. The SMILES string of the molecule is CCNC(=NCc1ccc(OC)c(OC)c1OC)NCC.I. The van der Waals surface area contributed by atoms with Crippen molar-refractivity contribution >= 4 is 29.9 Å². The maximum Gasteiger partial charge on any atom is 0.203 e. The Morgan fingerprint density at radius 2 is 1.55 bits per heavy atom. The van der Waals surface area contributed by atoms with Crippen LogP contribution in [0.2, 0.25) is 0 Å². The normalized spacial score (nSPS) is 9.32. The fraction of sp³-hybridized carbons (Fsp3) is 0.533. The lowest BCUT2D eigenvalue weighted by atomic mass is 10.1. The number of nitrogens with one attached hydrogen (secondary N) is 2. The first-order chi connectivity index (χ1) is 10.2. The van der Waals surface area contributed by atoms with Gasteiger partial charge < -0.3 is 24.8 Å². The first-order valence-electron chi connectivity index (χ1n) is 7.01. The van der Waals surface area contributed by atoms with E-state index in [4.69, 9.17) is 14.2 Å². The summed E-state index contributed by atoms with van der Waals surface area (Å²) in [5.41, 5.74) is 0.934. The van der Waals surface area contributed by atoms with Gasteiger partial charge in [-0.15, -0.1) is 24.0 Å². The van der Waals surface area contributed by atoms with Gasteiger partial charge in [-0.3, -0.25) is 0 Å². The van der Waals surface area contributed by atoms with E-state index in [1.165, 1.54) is 0 Å². The van der Waals surface area contributed by atoms with Crippen molar-refractivity contribution in [3.05, 3.63) is 17.7 Å². The van der Waals surface area contributed by atoms with Crippen molar-refractivity contribution in [3.8, 4) is 17.2 Å². The molecule has 0 aliphatic carbocycles. The van der Waals surface area contributed by atoms with Gasteiger partial charge in [-0.05, 0) is 26.0 Å². The molecule has 0 unspecified atom stereocenters. The van der Waals surface area contributed by atoms with Gasteiger partial charge >= 0.3 is 0 Å². The fourth-order valence-corrected chi connectivity index (χ4v) is 1.96. The van der Waals surface area contributed by atoms with E-state index in [0.717, 1.165) is 24.6 Å². The van der Waals surface area contributed by atoms with Gasteiger partial charge in [0.1, 0.15) is 0 Å². The smallest absolute Gasteiger partial charge is 0.203 e. The number of rotatable bonds is 7. The van der Waals surface area contributed by atoms with Crippen LogP contribution in [0.1, 0.15) is 19.4 Å². The molecule has 0 amide bonds. The summed E-state index contributed by atoms with van der Waals surface area (Å²) in [6.45, 7) is 6.18. The average molecular weight is 423 g/mol. The molecule has 0 aliphatic heterocycles. The minimum atomic E-state index is 0. The molecule has 6 nitrogen and oxygen atoms in total. The second-order valence-corrected chi connectivity index (χ2v) is 4.22. The van der Waals surface area contributed by atoms with Crippen molar-refractivity contribution in [2.45, 2.75) is 20.4 Å². The molecule has 0 radical (unpaired) electrons. The van der Waals surface area contributed by atoms with Gasteiger partial charge in [-0.1, -0.05) is 0 Å². The molecule has 22 heavy (non-hydrogen) atoms. The predicted molar refractivity (Wildman–Crippen MR) is 100 cm³/mol. The van der Waals surface area contributed by atoms with E-state index in [-0.39, 0.29) is 24.0 Å². The number of benzene rings is 1. The summed E-state index contributed by atoms with van der Waals surface area (Å²) in [4.78, 5) is 4.53. The molecule has 0 spiro atoms. The number of aliphatic imine (C=N–C) groups is 1. The quantitative estimate of drug-likeness (QED) is 0.401. The van der Waals surface area contributed by atoms with Gasteiger partial charge in [0.2, 0.25) is 5.75 Å². The summed E-state index contributed by atoms with van der Waals surface area (Å²) in [7, 11) is 4.81. The lowest BCUT2D eigenvalue weighted by Crippen LogP contribution is -2.36. The number of ether oxygens (including phenoxy) is 3. The zero-order valence-electron chi connectivity index (χ0n) is 13.9. The Morgan fingerprint density at radius 1 is 0.955 bits per heavy atom. The Bertz CT molecular complexity index is 473. The molecular formula is C15H26IN3O3. The molecule has 0 bridgehead atoms. The molecule has 2 N–H and O–H groups in total. The number of nitrogens with zero attached hydrogens (tertiary/aromatic N) is 1. The molecule has 0 fully saturated rings. The lowest BCUT2D eigenvalue weighted by Gasteiger charge is -2.15. The third kappa shape index (κ3) is 5.43. The summed E-state index contributed by atoms with van der Waals surface area (Å²) in [6.07, 6.45) is 0. The van der Waals surface area contributed by atoms with Crippen molar-refractivity contribution in [3.63, 3.8) is 0 Å². The van der Waals surface area contributed by atoms with Gasteiger partial charge in [0.05, 0.1) is 27.9 Å². The molecule has 0 atom stereocenters. The van der Waals surface area contributed by atoms with Gasteiger partial charge in [0.25, 0.3) is 0 Å². The van der Waals surface area contributed by atoms with E-state index in [1.807, 2.05) is 26.0 Å². The van der Waals surface area contributed by atoms with Crippen LogP contribution in [-0.2, 0) is 6.54 Å². The van der Waals surface area contributed by atoms with E-state index < -0.39 is 0 Å². The second-order valence-electron chi connectivity index (χ2n) is 4.22. The van der Waals surface area contributed by atoms with Gasteiger partial charge in [-0.25, -0.2) is 4.99 Å². The molecule has 0 saturated carbocycles. The van der Waals surface area contributed by atoms with Gasteiger partial charge in [0, 0.05) is 18.7 Å². The number of hydrogen-bond acceptors (Lipinski definition) is 4. The molecule has 7 heteroatoms. The topological polar surface area (TPSA) is 64.1 Å². The van der Waals surface area contributed by atoms with E-state index in [2.05, 4.69) is 15.6 Å². The number of guanidine groups is 1. The van der Waals surface area contributed by atoms with Gasteiger partial charge in [0.15, 0.2) is 17.5 Å². The molecule has 1 aromatic carbocycles. The number of halogens is 1. The van der Waals surface area contributed by atoms with Crippen LogP contribution in [-0.4, -0.2) is 40.4 Å². The van der Waals surface area contributed by atoms with Crippen molar-refractivity contribution in [2.75, 3.05) is 34.4 Å². The average Bonchev–Trinajstić information content (AvgIpc) is 2.51. The lowest BCUT2D eigenvalue weighted by molar-refractivity contribution is 0.322. The highest BCUT2D eigenvalue weighted by molar-refractivity contribution is 14.0. The Kier molecular flexibility index (Phi) is 10.5. The summed E-state index contributed by atoms with van der Waals surface area (Å²) in [5.74, 6) is 2.65. The fourth-order valence-electron chi connectivity index (χ4n) is 1.96. The molecule has 1 rings (SSSR count). The van der Waals surface area contributed by atoms with Crippen LogP contribution < -0.4 is 24.8 Å². The highest BCUT2D eigenvalue weighted by Crippen LogP contribution is 2.39. The standard InChI is InChI=1S/C15H25N3O3.HI/c1-6-16-15(17-7-2)18-10-11-8-9-12(19-3)14(21-5)13(11)20-4;/h8-9H,6-7,10H2,1-5H3,(H2,16,17,18);1H. The maximum absolute atomic E-state index is 5.45. The highest BCUT2D eigenvalue weighted by atomic mass is 127. The molecule has 0 aliphatic rings. The Morgan fingerprint density at radius 3 is 2.00 bits per heavy atom. The van der Waals surface area contributed by atoms with Crippen molar-refractivity contribution in [1.29, 1.82) is 0 Å². The third-order valence-corrected chi connectivity index (χ3v) is 2.88. The van der Waals surface area contributed by atoms with E-state index in [1.54, 1.807) is 21.3 Å². The maximum atomic E-state index is 5.45. The Labute approximate surface area is 149 Å². The first-order valence-corrected chi connectivity index (χ1v) is 7.01. The van der Waals surface area contributed by atoms with Crippen LogP contribution in [0.3, 0.4) is 0 Å². The molecule has 0 saturated heterocycles. The molecule has 1 aromatic rings. The molecular weight excluding hydrogens is 397 g/mol. The van der Waals surface area contributed by atoms with E-state index >= 15 is 0 Å². The van der Waals surface area contributed by atoms with Crippen molar-refractivity contribution in [2.24, 2.45) is 4.99 Å². The summed E-state index contributed by atoms with van der Waals surface area (Å²) in [5, 5.41) is 6.37. The summed E-state index contributed by atoms with van der Waals surface area (Å²) >= 11 is 0. The highest BCUT2D eigenvalue weighted by Gasteiger charge is 2.15. The Balaban J connectivity index is 0.00000441. The monoisotopic (exact) mass is 423 g/mol. The third-order valence-electron chi connectivity index (χ3n) is 2.88. The number of hydrogen-bond donors (Lipinski definition) is 2. The molecule has 0 heterocycles. The molecule has 126 valence electrons. The predicted octanol–water partition coefficient (Wildman–Crippen LogP) is 2.41. The Hall–Kier alpha value is -1.38. The van der Waals surface area contributed by atoms with Crippen LogP contribution >= 0.6 is 24.0 Å². The van der Waals surface area contributed by atoms with Crippen LogP contribution in [0.25, 0.3) is 0 Å². The van der Waals surface area contributed by atoms with Crippen LogP contribution in [0.4, 0.5) is 0 Å². The zero-order chi connectivity index (χ0) is 15.7. The van der Waals surface area contributed by atoms with Crippen molar-refractivity contribution < 1.29 is 14.2 Å². The largest absolute Gasteiger partial charge is 0.493 e. The zero-order valence-corrected chi connectivity index (χ0v) is 16.2. The van der Waals surface area contributed by atoms with Gasteiger partial charge in [-0.2, -0.15) is 0 Å². The van der Waals surface area contributed by atoms with Crippen molar-refractivity contribution in [1.82, 2.24) is 10.6 Å². The van der Waals surface area contributed by atoms with E-state index in [9.17, 15) is 0 Å². The van der Waals surface area contributed by atoms with Crippen LogP contribution in [0, 0.1) is 0 Å². The van der Waals surface area contributed by atoms with Crippen LogP contribution in [0.5, 0.6) is 17.2 Å². The minimum Gasteiger partial charge on any atom is -0.493 e.